The number of rotatable bonds is 2. The maximum Gasteiger partial charge on any atom is 0.0849 e. The zero-order valence-electron chi connectivity index (χ0n) is 13.7. The van der Waals surface area contributed by atoms with E-state index in [2.05, 4.69) is 29.1 Å². The first-order chi connectivity index (χ1) is 11.7. The molecule has 0 amide bonds. The summed E-state index contributed by atoms with van der Waals surface area (Å²) < 4.78 is 15.3. The van der Waals surface area contributed by atoms with Crippen molar-refractivity contribution in [2.75, 3.05) is 0 Å². The predicted octanol–water partition coefficient (Wildman–Crippen LogP) is 3.69. The van der Waals surface area contributed by atoms with Crippen LogP contribution in [0.4, 0.5) is 0 Å². The molecular weight excluding hydrogens is 316 g/mol. The fraction of sp³-hybridized carbons (Fsp3) is 0.300. The molecule has 2 aliphatic heterocycles. The molecule has 1 aromatic heterocycles. The fourth-order valence-corrected chi connectivity index (χ4v) is 5.47. The highest BCUT2D eigenvalue weighted by Crippen LogP contribution is 2.41. The average molecular weight is 336 g/mol. The summed E-state index contributed by atoms with van der Waals surface area (Å²) in [4.78, 5) is 1.75. The Kier molecular flexibility index (Phi) is 3.19. The van der Waals surface area contributed by atoms with Crippen molar-refractivity contribution in [1.29, 1.82) is 0 Å². The summed E-state index contributed by atoms with van der Waals surface area (Å²) in [5.74, 6) is 0. The minimum atomic E-state index is -1.13. The third kappa shape index (κ3) is 2.03. The first-order valence-corrected chi connectivity index (χ1v) is 9.71. The zero-order chi connectivity index (χ0) is 16.3. The molecule has 122 valence electrons. The van der Waals surface area contributed by atoms with Gasteiger partial charge in [0.1, 0.15) is 0 Å². The van der Waals surface area contributed by atoms with E-state index in [1.165, 1.54) is 35.0 Å². The molecule has 3 aromatic rings. The monoisotopic (exact) mass is 336 g/mol. The summed E-state index contributed by atoms with van der Waals surface area (Å²) in [6.07, 6.45) is 3.58. The van der Waals surface area contributed by atoms with Crippen LogP contribution >= 0.6 is 0 Å². The second-order valence-electron chi connectivity index (χ2n) is 6.88. The molecule has 0 radical (unpaired) electrons. The molecule has 1 N–H and O–H groups in total. The number of nitrogens with one attached hydrogen (secondary N) is 1. The van der Waals surface area contributed by atoms with Gasteiger partial charge in [0.25, 0.3) is 0 Å². The highest BCUT2D eigenvalue weighted by molar-refractivity contribution is 7.85. The Morgan fingerprint density at radius 3 is 2.75 bits per heavy atom. The Hall–Kier alpha value is -1.91. The third-order valence-electron chi connectivity index (χ3n) is 5.54. The van der Waals surface area contributed by atoms with Crippen LogP contribution in [0.15, 0.2) is 58.3 Å². The maximum absolute atomic E-state index is 12.9. The van der Waals surface area contributed by atoms with Crippen LogP contribution in [-0.4, -0.2) is 14.8 Å². The summed E-state index contributed by atoms with van der Waals surface area (Å²) in [6.45, 7) is 0. The van der Waals surface area contributed by atoms with Gasteiger partial charge in [-0.2, -0.15) is 0 Å². The van der Waals surface area contributed by atoms with E-state index in [1.54, 1.807) is 0 Å². The van der Waals surface area contributed by atoms with Crippen molar-refractivity contribution in [2.45, 2.75) is 41.1 Å². The number of hydrogen-bond acceptors (Lipinski definition) is 2. The lowest BCUT2D eigenvalue weighted by atomic mass is 9.99. The normalized spacial score (nSPS) is 23.4. The highest BCUT2D eigenvalue weighted by atomic mass is 32.2. The molecule has 1 fully saturated rings. The van der Waals surface area contributed by atoms with Crippen molar-refractivity contribution in [3.63, 3.8) is 0 Å². The molecule has 0 spiro atoms. The van der Waals surface area contributed by atoms with Gasteiger partial charge in [0.15, 0.2) is 0 Å². The molecule has 5 rings (SSSR count). The Morgan fingerprint density at radius 1 is 1.08 bits per heavy atom. The van der Waals surface area contributed by atoms with Gasteiger partial charge in [-0.3, -0.25) is 0 Å². The lowest BCUT2D eigenvalue weighted by molar-refractivity contribution is 0.503. The zero-order valence-corrected chi connectivity index (χ0v) is 14.5. The highest BCUT2D eigenvalue weighted by Gasteiger charge is 2.35. The lowest BCUT2D eigenvalue weighted by Crippen LogP contribution is -2.32. The van der Waals surface area contributed by atoms with E-state index >= 15 is 0 Å². The molecule has 0 saturated carbocycles. The van der Waals surface area contributed by atoms with Crippen molar-refractivity contribution in [2.24, 2.45) is 7.05 Å². The van der Waals surface area contributed by atoms with Crippen molar-refractivity contribution < 1.29 is 4.21 Å². The van der Waals surface area contributed by atoms with Crippen molar-refractivity contribution in [3.8, 4) is 0 Å². The smallest absolute Gasteiger partial charge is 0.0849 e. The van der Waals surface area contributed by atoms with Crippen molar-refractivity contribution in [1.82, 2.24) is 9.88 Å². The Balaban J connectivity index is 1.68. The Morgan fingerprint density at radius 2 is 1.92 bits per heavy atom. The van der Waals surface area contributed by atoms with Crippen LogP contribution in [0.2, 0.25) is 0 Å². The van der Waals surface area contributed by atoms with Crippen LogP contribution in [0.1, 0.15) is 30.1 Å². The van der Waals surface area contributed by atoms with E-state index in [0.717, 1.165) is 16.2 Å². The second kappa shape index (κ2) is 5.30. The van der Waals surface area contributed by atoms with E-state index in [-0.39, 0.29) is 0 Å². The number of aryl methyl sites for hydroxylation is 1. The largest absolute Gasteiger partial charge is 0.347 e. The minimum Gasteiger partial charge on any atom is -0.347 e. The summed E-state index contributed by atoms with van der Waals surface area (Å²) in [5.41, 5.74) is 4.15. The van der Waals surface area contributed by atoms with Gasteiger partial charge in [0, 0.05) is 51.9 Å². The molecule has 3 unspecified atom stereocenters. The summed E-state index contributed by atoms with van der Waals surface area (Å²) in [7, 11) is 1.04. The van der Waals surface area contributed by atoms with Crippen LogP contribution in [0.5, 0.6) is 0 Å². The van der Waals surface area contributed by atoms with Crippen LogP contribution < -0.4 is 5.32 Å². The molecule has 2 aliphatic rings. The van der Waals surface area contributed by atoms with Crippen LogP contribution in [-0.2, 0) is 24.3 Å². The summed E-state index contributed by atoms with van der Waals surface area (Å²) >= 11 is 0. The van der Waals surface area contributed by atoms with E-state index in [0.29, 0.717) is 12.1 Å². The van der Waals surface area contributed by atoms with E-state index in [1.807, 2.05) is 36.4 Å². The number of nitrogens with zero attached hydrogens (tertiary/aromatic N) is 1. The Labute approximate surface area is 144 Å². The molecule has 24 heavy (non-hydrogen) atoms. The van der Waals surface area contributed by atoms with Crippen LogP contribution in [0.25, 0.3) is 10.9 Å². The fourth-order valence-electron chi connectivity index (χ4n) is 4.38. The number of hydrogen-bond donors (Lipinski definition) is 1. The summed E-state index contributed by atoms with van der Waals surface area (Å²) in [6, 6.07) is 17.1. The standard InChI is InChI=1S/C20H20N2OS/c1-22-18-10-8-15(24(23)14-5-3-2-4-6-14)12-16(18)20-17-9-7-13(21-17)11-19(20)22/h2-6,8,10,12-13,17,21H,7,9,11H2,1H3. The van der Waals surface area contributed by atoms with Gasteiger partial charge < -0.3 is 9.88 Å². The van der Waals surface area contributed by atoms with Crippen LogP contribution in [0, 0.1) is 0 Å². The van der Waals surface area contributed by atoms with E-state index in [9.17, 15) is 4.21 Å². The van der Waals surface area contributed by atoms with Crippen molar-refractivity contribution in [3.05, 3.63) is 59.8 Å². The average Bonchev–Trinajstić information content (AvgIpc) is 3.14. The van der Waals surface area contributed by atoms with Gasteiger partial charge in [-0.1, -0.05) is 18.2 Å². The second-order valence-corrected chi connectivity index (χ2v) is 8.36. The topological polar surface area (TPSA) is 34.0 Å². The molecule has 3 nitrogen and oxygen atoms in total. The lowest BCUT2D eigenvalue weighted by Gasteiger charge is -2.23. The van der Waals surface area contributed by atoms with Gasteiger partial charge >= 0.3 is 0 Å². The molecule has 2 aromatic carbocycles. The van der Waals surface area contributed by atoms with Crippen LogP contribution in [0.3, 0.4) is 0 Å². The third-order valence-corrected chi connectivity index (χ3v) is 6.92. The SMILES string of the molecule is Cn1c2c(c3cc(S(=O)c4ccccc4)ccc31)C1CCC(C2)N1. The van der Waals surface area contributed by atoms with Gasteiger partial charge in [-0.05, 0) is 48.7 Å². The molecular formula is C20H20N2OS. The predicted molar refractivity (Wildman–Crippen MR) is 96.6 cm³/mol. The molecule has 3 heterocycles. The molecule has 1 saturated heterocycles. The first kappa shape index (κ1) is 14.4. The number of fused-ring (bicyclic) bond motifs is 6. The molecule has 3 atom stereocenters. The van der Waals surface area contributed by atoms with Gasteiger partial charge in [0.05, 0.1) is 10.8 Å². The van der Waals surface area contributed by atoms with Gasteiger partial charge in [-0.25, -0.2) is 4.21 Å². The first-order valence-electron chi connectivity index (χ1n) is 8.56. The molecule has 4 heteroatoms. The van der Waals surface area contributed by atoms with Gasteiger partial charge in [0.2, 0.25) is 0 Å². The number of aromatic nitrogens is 1. The van der Waals surface area contributed by atoms with E-state index in [4.69, 9.17) is 0 Å². The van der Waals surface area contributed by atoms with Crippen molar-refractivity contribution >= 4 is 21.7 Å². The Bertz CT molecular complexity index is 961. The summed E-state index contributed by atoms with van der Waals surface area (Å²) in [5, 5.41) is 5.01. The molecule has 0 aliphatic carbocycles. The number of benzene rings is 2. The molecule has 2 bridgehead atoms. The quantitative estimate of drug-likeness (QED) is 0.774. The van der Waals surface area contributed by atoms with Gasteiger partial charge in [-0.15, -0.1) is 0 Å². The maximum atomic E-state index is 12.9. The minimum absolute atomic E-state index is 0.461. The van der Waals surface area contributed by atoms with E-state index < -0.39 is 10.8 Å².